The monoisotopic (exact) mass is 297 g/mol. The van der Waals surface area contributed by atoms with Crippen molar-refractivity contribution in [2.24, 2.45) is 0 Å². The molecule has 0 aromatic heterocycles. The summed E-state index contributed by atoms with van der Waals surface area (Å²) in [7, 11) is 0. The van der Waals surface area contributed by atoms with Crippen molar-refractivity contribution in [3.63, 3.8) is 0 Å². The fourth-order valence-corrected chi connectivity index (χ4v) is 2.44. The standard InChI is InChI=1S/C19H23NO2/c1-14-9-11-16(12-10-14)15(2)20-18(21)13-19(3,22)17-7-5-4-6-8-17/h4-12,15,22H,13H2,1-3H3,(H,20,21). The summed E-state index contributed by atoms with van der Waals surface area (Å²) in [5.74, 6) is -0.165. The molecule has 0 spiro atoms. The number of carbonyl (C=O) groups excluding carboxylic acids is 1. The molecule has 0 saturated carbocycles. The molecule has 3 heteroatoms. The first kappa shape index (κ1) is 16.2. The zero-order valence-electron chi connectivity index (χ0n) is 13.3. The van der Waals surface area contributed by atoms with Crippen molar-refractivity contribution in [3.05, 3.63) is 71.3 Å². The van der Waals surface area contributed by atoms with E-state index in [9.17, 15) is 9.90 Å². The molecule has 2 rings (SSSR count). The van der Waals surface area contributed by atoms with Gasteiger partial charge in [0, 0.05) is 0 Å². The minimum absolute atomic E-state index is 0.0349. The molecule has 0 heterocycles. The summed E-state index contributed by atoms with van der Waals surface area (Å²) in [4.78, 5) is 12.2. The summed E-state index contributed by atoms with van der Waals surface area (Å²) in [5.41, 5.74) is 1.82. The molecule has 0 aliphatic rings. The minimum atomic E-state index is -1.17. The van der Waals surface area contributed by atoms with Gasteiger partial charge in [0.2, 0.25) is 5.91 Å². The Morgan fingerprint density at radius 2 is 1.73 bits per heavy atom. The predicted octanol–water partition coefficient (Wildman–Crippen LogP) is 3.47. The molecular formula is C19H23NO2. The van der Waals surface area contributed by atoms with Gasteiger partial charge in [0.15, 0.2) is 0 Å². The molecule has 0 bridgehead atoms. The van der Waals surface area contributed by atoms with Crippen LogP contribution in [0.4, 0.5) is 0 Å². The first-order chi connectivity index (χ1) is 10.4. The summed E-state index contributed by atoms with van der Waals surface area (Å²) >= 11 is 0. The molecule has 2 N–H and O–H groups in total. The second kappa shape index (κ2) is 6.75. The number of aliphatic hydroxyl groups is 1. The topological polar surface area (TPSA) is 49.3 Å². The highest BCUT2D eigenvalue weighted by molar-refractivity contribution is 5.77. The van der Waals surface area contributed by atoms with Crippen molar-refractivity contribution in [1.29, 1.82) is 0 Å². The average molecular weight is 297 g/mol. The summed E-state index contributed by atoms with van der Waals surface area (Å²) in [6.45, 7) is 5.64. The van der Waals surface area contributed by atoms with E-state index in [-0.39, 0.29) is 18.4 Å². The second-order valence-corrected chi connectivity index (χ2v) is 6.02. The van der Waals surface area contributed by atoms with Crippen molar-refractivity contribution in [1.82, 2.24) is 5.32 Å². The number of benzene rings is 2. The Kier molecular flexibility index (Phi) is 4.99. The van der Waals surface area contributed by atoms with Gasteiger partial charge in [-0.25, -0.2) is 0 Å². The van der Waals surface area contributed by atoms with Crippen LogP contribution in [0.2, 0.25) is 0 Å². The number of nitrogens with one attached hydrogen (secondary N) is 1. The van der Waals surface area contributed by atoms with Gasteiger partial charge in [-0.05, 0) is 31.9 Å². The quantitative estimate of drug-likeness (QED) is 0.888. The lowest BCUT2D eigenvalue weighted by molar-refractivity contribution is -0.126. The lowest BCUT2D eigenvalue weighted by Crippen LogP contribution is -2.34. The van der Waals surface area contributed by atoms with Crippen LogP contribution in [0.5, 0.6) is 0 Å². The number of hydrogen-bond acceptors (Lipinski definition) is 2. The summed E-state index contributed by atoms with van der Waals surface area (Å²) in [6, 6.07) is 17.3. The normalized spacial score (nSPS) is 14.9. The van der Waals surface area contributed by atoms with Crippen LogP contribution in [0.3, 0.4) is 0 Å². The van der Waals surface area contributed by atoms with E-state index < -0.39 is 5.60 Å². The van der Waals surface area contributed by atoms with Crippen molar-refractivity contribution in [2.75, 3.05) is 0 Å². The Balaban J connectivity index is 1.99. The molecule has 116 valence electrons. The van der Waals surface area contributed by atoms with Crippen molar-refractivity contribution >= 4 is 5.91 Å². The molecule has 0 saturated heterocycles. The Hall–Kier alpha value is -2.13. The van der Waals surface area contributed by atoms with E-state index in [2.05, 4.69) is 5.32 Å². The van der Waals surface area contributed by atoms with E-state index in [1.54, 1.807) is 6.92 Å². The highest BCUT2D eigenvalue weighted by Gasteiger charge is 2.27. The van der Waals surface area contributed by atoms with E-state index in [1.165, 1.54) is 5.56 Å². The van der Waals surface area contributed by atoms with Crippen LogP contribution in [0.1, 0.15) is 43.0 Å². The second-order valence-electron chi connectivity index (χ2n) is 6.02. The molecular weight excluding hydrogens is 274 g/mol. The number of amides is 1. The smallest absolute Gasteiger partial charge is 0.223 e. The molecule has 0 aliphatic heterocycles. The highest BCUT2D eigenvalue weighted by atomic mass is 16.3. The van der Waals surface area contributed by atoms with E-state index >= 15 is 0 Å². The first-order valence-corrected chi connectivity index (χ1v) is 7.52. The molecule has 3 nitrogen and oxygen atoms in total. The average Bonchev–Trinajstić information content (AvgIpc) is 2.48. The molecule has 0 aliphatic carbocycles. The van der Waals surface area contributed by atoms with Crippen LogP contribution in [-0.4, -0.2) is 11.0 Å². The Morgan fingerprint density at radius 1 is 1.14 bits per heavy atom. The van der Waals surface area contributed by atoms with Gasteiger partial charge in [-0.2, -0.15) is 0 Å². The summed E-state index contributed by atoms with van der Waals surface area (Å²) in [5, 5.41) is 13.5. The van der Waals surface area contributed by atoms with Gasteiger partial charge in [0.25, 0.3) is 0 Å². The molecule has 2 unspecified atom stereocenters. The van der Waals surface area contributed by atoms with Gasteiger partial charge in [-0.15, -0.1) is 0 Å². The van der Waals surface area contributed by atoms with Crippen molar-refractivity contribution in [2.45, 2.75) is 38.8 Å². The number of rotatable bonds is 5. The molecule has 2 aromatic carbocycles. The molecule has 0 radical (unpaired) electrons. The third-order valence-electron chi connectivity index (χ3n) is 3.86. The zero-order valence-corrected chi connectivity index (χ0v) is 13.3. The third kappa shape index (κ3) is 4.18. The first-order valence-electron chi connectivity index (χ1n) is 7.52. The third-order valence-corrected chi connectivity index (χ3v) is 3.86. The molecule has 22 heavy (non-hydrogen) atoms. The summed E-state index contributed by atoms with van der Waals surface area (Å²) in [6.07, 6.45) is 0.0349. The van der Waals surface area contributed by atoms with Crippen LogP contribution in [0.15, 0.2) is 54.6 Å². The zero-order chi connectivity index (χ0) is 16.2. The van der Waals surface area contributed by atoms with Gasteiger partial charge in [0.05, 0.1) is 18.1 Å². The molecule has 2 aromatic rings. The fraction of sp³-hybridized carbons (Fsp3) is 0.316. The van der Waals surface area contributed by atoms with E-state index in [0.29, 0.717) is 0 Å². The Labute approximate surface area is 132 Å². The lowest BCUT2D eigenvalue weighted by Gasteiger charge is -2.24. The Morgan fingerprint density at radius 3 is 2.32 bits per heavy atom. The molecule has 1 amide bonds. The van der Waals surface area contributed by atoms with Gasteiger partial charge >= 0.3 is 0 Å². The van der Waals surface area contributed by atoms with Gasteiger partial charge in [-0.1, -0.05) is 60.2 Å². The maximum Gasteiger partial charge on any atom is 0.223 e. The largest absolute Gasteiger partial charge is 0.385 e. The van der Waals surface area contributed by atoms with Crippen LogP contribution in [0, 0.1) is 6.92 Å². The van der Waals surface area contributed by atoms with Crippen molar-refractivity contribution in [3.8, 4) is 0 Å². The lowest BCUT2D eigenvalue weighted by atomic mass is 9.92. The van der Waals surface area contributed by atoms with E-state index in [1.807, 2.05) is 68.4 Å². The molecule has 0 fully saturated rings. The number of carbonyl (C=O) groups is 1. The highest BCUT2D eigenvalue weighted by Crippen LogP contribution is 2.24. The maximum absolute atomic E-state index is 12.2. The van der Waals surface area contributed by atoms with E-state index in [4.69, 9.17) is 0 Å². The van der Waals surface area contributed by atoms with Crippen molar-refractivity contribution < 1.29 is 9.90 Å². The summed E-state index contributed by atoms with van der Waals surface area (Å²) < 4.78 is 0. The van der Waals surface area contributed by atoms with Gasteiger partial charge in [-0.3, -0.25) is 4.79 Å². The van der Waals surface area contributed by atoms with Gasteiger partial charge in [0.1, 0.15) is 0 Å². The van der Waals surface area contributed by atoms with Crippen LogP contribution in [0.25, 0.3) is 0 Å². The van der Waals surface area contributed by atoms with Crippen LogP contribution in [-0.2, 0) is 10.4 Å². The maximum atomic E-state index is 12.2. The minimum Gasteiger partial charge on any atom is -0.385 e. The van der Waals surface area contributed by atoms with Crippen LogP contribution >= 0.6 is 0 Å². The molecule has 2 atom stereocenters. The van der Waals surface area contributed by atoms with E-state index in [0.717, 1.165) is 11.1 Å². The number of hydrogen-bond donors (Lipinski definition) is 2. The van der Waals surface area contributed by atoms with Crippen LogP contribution < -0.4 is 5.32 Å². The van der Waals surface area contributed by atoms with Gasteiger partial charge < -0.3 is 10.4 Å². The fourth-order valence-electron chi connectivity index (χ4n) is 2.44. The Bertz CT molecular complexity index is 618. The SMILES string of the molecule is Cc1ccc(C(C)NC(=O)CC(C)(O)c2ccccc2)cc1. The number of aryl methyl sites for hydroxylation is 1. The predicted molar refractivity (Wildman–Crippen MR) is 88.4 cm³/mol.